The lowest BCUT2D eigenvalue weighted by Gasteiger charge is -2.43. The zero-order chi connectivity index (χ0) is 42.8. The van der Waals surface area contributed by atoms with Gasteiger partial charge in [-0.3, -0.25) is 0 Å². The van der Waals surface area contributed by atoms with Crippen LogP contribution in [0.5, 0.6) is 0 Å². The molecule has 10 aromatic rings. The Hall–Kier alpha value is -8.00. The van der Waals surface area contributed by atoms with Gasteiger partial charge < -0.3 is 4.90 Å². The van der Waals surface area contributed by atoms with Gasteiger partial charge in [-0.2, -0.15) is 0 Å². The molecule has 0 N–H and O–H groups in total. The molecule has 10 aromatic carbocycles. The summed E-state index contributed by atoms with van der Waals surface area (Å²) in [4.78, 5) is 2.57. The van der Waals surface area contributed by atoms with Crippen molar-refractivity contribution < 1.29 is 0 Å². The normalized spacial score (nSPS) is 12.9. The molecule has 0 spiro atoms. The van der Waals surface area contributed by atoms with E-state index in [2.05, 4.69) is 255 Å². The van der Waals surface area contributed by atoms with E-state index in [0.717, 1.165) is 0 Å². The third-order valence-electron chi connectivity index (χ3n) is 13.5. The molecule has 0 saturated heterocycles. The van der Waals surface area contributed by atoms with E-state index in [9.17, 15) is 0 Å². The van der Waals surface area contributed by atoms with Crippen molar-refractivity contribution in [1.82, 2.24) is 0 Å². The van der Waals surface area contributed by atoms with Crippen LogP contribution in [-0.2, 0) is 5.41 Å². The predicted molar refractivity (Wildman–Crippen MR) is 270 cm³/mol. The van der Waals surface area contributed by atoms with Gasteiger partial charge >= 0.3 is 0 Å². The lowest BCUT2D eigenvalue weighted by atomic mass is 9.71. The van der Waals surface area contributed by atoms with Crippen LogP contribution in [0.4, 0.5) is 17.1 Å². The lowest BCUT2D eigenvalue weighted by molar-refractivity contribution is 0.632. The van der Waals surface area contributed by atoms with Crippen molar-refractivity contribution in [1.29, 1.82) is 0 Å². The first-order valence-electron chi connectivity index (χ1n) is 22.3. The van der Waals surface area contributed by atoms with Gasteiger partial charge in [-0.1, -0.05) is 184 Å². The summed E-state index contributed by atoms with van der Waals surface area (Å²) in [6, 6.07) is 87.5. The molecule has 0 aliphatic carbocycles. The van der Waals surface area contributed by atoms with Gasteiger partial charge in [0, 0.05) is 16.5 Å². The fourth-order valence-electron chi connectivity index (χ4n) is 10.3. The molecule has 2 aliphatic rings. The van der Waals surface area contributed by atoms with E-state index in [1.165, 1.54) is 117 Å². The lowest BCUT2D eigenvalue weighted by Crippen LogP contribution is -2.31. The van der Waals surface area contributed by atoms with E-state index < -0.39 is 0 Å². The molecule has 0 amide bonds. The van der Waals surface area contributed by atoms with Crippen LogP contribution in [0.1, 0.15) is 25.0 Å². The number of nitrogens with zero attached hydrogens (tertiary/aromatic N) is 1. The fourth-order valence-corrected chi connectivity index (χ4v) is 10.3. The second kappa shape index (κ2) is 15.1. The Labute approximate surface area is 376 Å². The van der Waals surface area contributed by atoms with Gasteiger partial charge in [-0.25, -0.2) is 0 Å². The summed E-state index contributed by atoms with van der Waals surface area (Å²) in [6.45, 7) is 4.81. The smallest absolute Gasteiger partial charge is 0.0581 e. The molecule has 64 heavy (non-hydrogen) atoms. The van der Waals surface area contributed by atoms with E-state index in [1.807, 2.05) is 0 Å². The predicted octanol–water partition coefficient (Wildman–Crippen LogP) is 17.4. The van der Waals surface area contributed by atoms with Crippen molar-refractivity contribution >= 4 is 17.1 Å². The summed E-state index contributed by atoms with van der Waals surface area (Å²) in [7, 11) is 0. The van der Waals surface area contributed by atoms with Crippen molar-refractivity contribution in [2.45, 2.75) is 19.3 Å². The number of hydrogen-bond acceptors (Lipinski definition) is 1. The molecule has 2 aliphatic heterocycles. The number of benzene rings is 10. The highest BCUT2D eigenvalue weighted by molar-refractivity contribution is 6.07. The molecule has 302 valence electrons. The zero-order valence-electron chi connectivity index (χ0n) is 36.0. The Morgan fingerprint density at radius 2 is 0.625 bits per heavy atom. The zero-order valence-corrected chi connectivity index (χ0v) is 36.0. The molecule has 12 rings (SSSR count). The molecule has 0 aromatic heterocycles. The Morgan fingerprint density at radius 3 is 1.12 bits per heavy atom. The minimum Gasteiger partial charge on any atom is -0.309 e. The van der Waals surface area contributed by atoms with Crippen molar-refractivity contribution in [3.63, 3.8) is 0 Å². The van der Waals surface area contributed by atoms with E-state index in [1.54, 1.807) is 0 Å². The first-order chi connectivity index (χ1) is 31.5. The van der Waals surface area contributed by atoms with Crippen LogP contribution in [0.25, 0.3) is 89.0 Å². The highest BCUT2D eigenvalue weighted by Crippen LogP contribution is 2.60. The van der Waals surface area contributed by atoms with Gasteiger partial charge in [0.25, 0.3) is 0 Å². The van der Waals surface area contributed by atoms with Crippen LogP contribution in [0.3, 0.4) is 0 Å². The third kappa shape index (κ3) is 6.31. The van der Waals surface area contributed by atoms with Gasteiger partial charge in [0.2, 0.25) is 0 Å². The highest BCUT2D eigenvalue weighted by atomic mass is 15.2. The summed E-state index contributed by atoms with van der Waals surface area (Å²) < 4.78 is 0. The summed E-state index contributed by atoms with van der Waals surface area (Å²) >= 11 is 0. The minimum absolute atomic E-state index is 0.280. The summed E-state index contributed by atoms with van der Waals surface area (Å²) in [6.07, 6.45) is 0. The van der Waals surface area contributed by atoms with Crippen molar-refractivity contribution in [3.05, 3.63) is 248 Å². The van der Waals surface area contributed by atoms with Gasteiger partial charge in [-0.05, 0) is 156 Å². The Balaban J connectivity index is 1.11. The Morgan fingerprint density at radius 1 is 0.250 bits per heavy atom. The van der Waals surface area contributed by atoms with Gasteiger partial charge in [0.1, 0.15) is 0 Å². The molecular formula is C63H45N. The van der Waals surface area contributed by atoms with Crippen LogP contribution in [-0.4, -0.2) is 0 Å². The molecule has 0 unspecified atom stereocenters. The van der Waals surface area contributed by atoms with Crippen molar-refractivity contribution in [2.75, 3.05) is 4.90 Å². The second-order valence-electron chi connectivity index (χ2n) is 17.7. The van der Waals surface area contributed by atoms with Crippen LogP contribution in [0.15, 0.2) is 237 Å². The van der Waals surface area contributed by atoms with Crippen LogP contribution in [0.2, 0.25) is 0 Å². The average Bonchev–Trinajstić information content (AvgIpc) is 3.49. The highest BCUT2D eigenvalue weighted by Gasteiger charge is 2.41. The van der Waals surface area contributed by atoms with Crippen LogP contribution < -0.4 is 4.90 Å². The number of hydrogen-bond donors (Lipinski definition) is 0. The van der Waals surface area contributed by atoms with Crippen molar-refractivity contribution in [3.8, 4) is 89.0 Å². The van der Waals surface area contributed by atoms with Crippen molar-refractivity contribution in [2.24, 2.45) is 0 Å². The SMILES string of the molecule is CC1(C)c2ccccc2N2c3ccc(-c4cc(-c5ccccc5)cc(-c5ccccc5)c4)cc3-c3ccccc3-c3cc(-c4cc(-c5ccccc5)cc(-c5ccccc5)c4)cc1c32. The maximum atomic E-state index is 2.57. The Bertz CT molecular complexity index is 3270. The molecule has 0 fully saturated rings. The summed E-state index contributed by atoms with van der Waals surface area (Å²) in [5, 5.41) is 0. The maximum absolute atomic E-state index is 2.57. The quantitative estimate of drug-likeness (QED) is 0.162. The third-order valence-corrected chi connectivity index (χ3v) is 13.5. The number of anilines is 3. The molecule has 0 bridgehead atoms. The molecule has 1 nitrogen and oxygen atoms in total. The first-order valence-corrected chi connectivity index (χ1v) is 22.3. The van der Waals surface area contributed by atoms with E-state index in [-0.39, 0.29) is 5.41 Å². The van der Waals surface area contributed by atoms with Gasteiger partial charge in [0.05, 0.1) is 17.1 Å². The fraction of sp³-hybridized carbons (Fsp3) is 0.0476. The van der Waals surface area contributed by atoms with Gasteiger partial charge in [0.15, 0.2) is 0 Å². The van der Waals surface area contributed by atoms with Gasteiger partial charge in [-0.15, -0.1) is 0 Å². The molecule has 0 atom stereocenters. The summed E-state index contributed by atoms with van der Waals surface area (Å²) in [5.41, 5.74) is 25.4. The minimum atomic E-state index is -0.280. The number of rotatable bonds is 6. The van der Waals surface area contributed by atoms with E-state index in [0.29, 0.717) is 0 Å². The standard InChI is InChI=1S/C63H45N/c1-63(2)58-29-17-18-30-61(58)64-60-32-31-46(51-35-47(42-19-7-3-8-20-42)33-48(36-51)43-21-9-4-10-22-43)39-56(60)54-27-15-16-28-55(54)57-40-53(41-59(63)62(57)64)52-37-49(44-23-11-5-12-24-44)34-50(38-52)45-25-13-6-14-26-45/h3-41H,1-2H3. The number of fused-ring (bicyclic) bond motifs is 7. The first kappa shape index (κ1) is 37.7. The van der Waals surface area contributed by atoms with Crippen LogP contribution >= 0.6 is 0 Å². The van der Waals surface area contributed by atoms with Crippen LogP contribution in [0, 0.1) is 0 Å². The topological polar surface area (TPSA) is 3.24 Å². The molecule has 0 radical (unpaired) electrons. The molecule has 1 heteroatoms. The average molecular weight is 816 g/mol. The molecule has 0 saturated carbocycles. The maximum Gasteiger partial charge on any atom is 0.0581 e. The van der Waals surface area contributed by atoms with E-state index in [4.69, 9.17) is 0 Å². The molecular weight excluding hydrogens is 771 g/mol. The van der Waals surface area contributed by atoms with E-state index >= 15 is 0 Å². The molecule has 2 heterocycles. The summed E-state index contributed by atoms with van der Waals surface area (Å²) in [5.74, 6) is 0. The Kier molecular flexibility index (Phi) is 8.91. The second-order valence-corrected chi connectivity index (χ2v) is 17.7. The number of para-hydroxylation sites is 1. The monoisotopic (exact) mass is 815 g/mol. The largest absolute Gasteiger partial charge is 0.309 e.